The zero-order chi connectivity index (χ0) is 14.4. The van der Waals surface area contributed by atoms with Crippen LogP contribution in [0.15, 0.2) is 54.6 Å². The molecule has 0 saturated heterocycles. The van der Waals surface area contributed by atoms with Crippen LogP contribution >= 0.6 is 0 Å². The zero-order valence-corrected chi connectivity index (χ0v) is 11.8. The lowest BCUT2D eigenvalue weighted by molar-refractivity contribution is 0.162. The maximum absolute atomic E-state index is 9.59. The van der Waals surface area contributed by atoms with Crippen LogP contribution in [0.1, 0.15) is 17.5 Å². The first-order chi connectivity index (χ1) is 9.64. The van der Waals surface area contributed by atoms with Crippen LogP contribution in [0.25, 0.3) is 0 Å². The van der Waals surface area contributed by atoms with E-state index in [-0.39, 0.29) is 6.61 Å². The molecule has 0 heterocycles. The zero-order valence-electron chi connectivity index (χ0n) is 11.8. The van der Waals surface area contributed by atoms with Crippen LogP contribution in [0.2, 0.25) is 0 Å². The smallest absolute Gasteiger partial charge is 0.119 e. The molecule has 0 saturated carbocycles. The lowest BCUT2D eigenvalue weighted by Crippen LogP contribution is -2.41. The van der Waals surface area contributed by atoms with Crippen molar-refractivity contribution in [2.75, 3.05) is 13.2 Å². The van der Waals surface area contributed by atoms with E-state index in [0.717, 1.165) is 11.3 Å². The summed E-state index contributed by atoms with van der Waals surface area (Å²) in [4.78, 5) is 0. The van der Waals surface area contributed by atoms with E-state index < -0.39 is 5.54 Å². The highest BCUT2D eigenvalue weighted by Gasteiger charge is 2.26. The Morgan fingerprint density at radius 3 is 2.30 bits per heavy atom. The summed E-state index contributed by atoms with van der Waals surface area (Å²) in [6.07, 6.45) is 0.557. The Hall–Kier alpha value is -1.84. The van der Waals surface area contributed by atoms with Crippen molar-refractivity contribution in [1.82, 2.24) is 0 Å². The van der Waals surface area contributed by atoms with Crippen LogP contribution in [0, 0.1) is 6.92 Å². The number of aliphatic hydroxyl groups excluding tert-OH is 1. The predicted octanol–water partition coefficient (Wildman–Crippen LogP) is 2.61. The number of rotatable bonds is 6. The third kappa shape index (κ3) is 3.59. The van der Waals surface area contributed by atoms with Crippen molar-refractivity contribution in [3.05, 3.63) is 65.7 Å². The Balaban J connectivity index is 1.96. The number of nitrogens with two attached hydrogens (primary N) is 1. The van der Waals surface area contributed by atoms with Crippen LogP contribution < -0.4 is 10.5 Å². The summed E-state index contributed by atoms with van der Waals surface area (Å²) in [6, 6.07) is 17.5. The molecule has 3 nitrogen and oxygen atoms in total. The van der Waals surface area contributed by atoms with Crippen LogP contribution in [0.4, 0.5) is 0 Å². The molecule has 0 fully saturated rings. The minimum absolute atomic E-state index is 0.103. The first-order valence-electron chi connectivity index (χ1n) is 6.79. The summed E-state index contributed by atoms with van der Waals surface area (Å²) in [5.41, 5.74) is 7.64. The summed E-state index contributed by atoms with van der Waals surface area (Å²) in [5, 5.41) is 9.59. The molecule has 1 atom stereocenters. The minimum Gasteiger partial charge on any atom is -0.494 e. The molecular weight excluding hydrogens is 250 g/mol. The van der Waals surface area contributed by atoms with E-state index in [2.05, 4.69) is 0 Å². The fourth-order valence-electron chi connectivity index (χ4n) is 2.07. The van der Waals surface area contributed by atoms with Gasteiger partial charge in [-0.15, -0.1) is 0 Å². The molecule has 0 bridgehead atoms. The highest BCUT2D eigenvalue weighted by molar-refractivity contribution is 5.27. The van der Waals surface area contributed by atoms with Gasteiger partial charge in [0.25, 0.3) is 0 Å². The average molecular weight is 271 g/mol. The topological polar surface area (TPSA) is 55.5 Å². The molecule has 0 aliphatic rings. The van der Waals surface area contributed by atoms with Gasteiger partial charge in [0.1, 0.15) is 5.75 Å². The maximum atomic E-state index is 9.59. The van der Waals surface area contributed by atoms with E-state index in [1.54, 1.807) is 0 Å². The molecule has 0 radical (unpaired) electrons. The molecule has 2 aromatic carbocycles. The molecule has 0 spiro atoms. The molecule has 3 heteroatoms. The number of hydrogen-bond donors (Lipinski definition) is 2. The first kappa shape index (κ1) is 14.6. The van der Waals surface area contributed by atoms with Crippen LogP contribution in [0.5, 0.6) is 5.75 Å². The number of aliphatic hydroxyl groups is 1. The van der Waals surface area contributed by atoms with Crippen molar-refractivity contribution in [2.45, 2.75) is 18.9 Å². The molecule has 0 aliphatic carbocycles. The largest absolute Gasteiger partial charge is 0.494 e. The van der Waals surface area contributed by atoms with E-state index in [9.17, 15) is 5.11 Å². The summed E-state index contributed by atoms with van der Waals surface area (Å²) in [5.74, 6) is 0.823. The molecule has 0 aromatic heterocycles. The van der Waals surface area contributed by atoms with Gasteiger partial charge in [-0.05, 0) is 24.6 Å². The highest BCUT2D eigenvalue weighted by atomic mass is 16.5. The molecular formula is C17H21NO2. The third-order valence-corrected chi connectivity index (χ3v) is 3.47. The molecule has 0 aliphatic heterocycles. The standard InChI is InChI=1S/C17H21NO2/c1-14-7-9-16(10-8-14)20-12-11-17(18,13-19)15-5-3-2-4-6-15/h2-10,19H,11-13,18H2,1H3. The maximum Gasteiger partial charge on any atom is 0.119 e. The van der Waals surface area contributed by atoms with Crippen molar-refractivity contribution in [3.8, 4) is 5.75 Å². The lowest BCUT2D eigenvalue weighted by atomic mass is 9.89. The normalized spacial score (nSPS) is 13.8. The van der Waals surface area contributed by atoms with E-state index in [1.807, 2.05) is 61.5 Å². The van der Waals surface area contributed by atoms with Gasteiger partial charge in [0.05, 0.1) is 18.8 Å². The van der Waals surface area contributed by atoms with E-state index >= 15 is 0 Å². The van der Waals surface area contributed by atoms with Gasteiger partial charge in [-0.3, -0.25) is 0 Å². The summed E-state index contributed by atoms with van der Waals surface area (Å²) >= 11 is 0. The van der Waals surface area contributed by atoms with Gasteiger partial charge in [0.15, 0.2) is 0 Å². The van der Waals surface area contributed by atoms with Crippen LogP contribution in [-0.4, -0.2) is 18.3 Å². The van der Waals surface area contributed by atoms with Crippen LogP contribution in [-0.2, 0) is 5.54 Å². The second-order valence-electron chi connectivity index (χ2n) is 5.09. The van der Waals surface area contributed by atoms with Crippen LogP contribution in [0.3, 0.4) is 0 Å². The Labute approximate surface area is 120 Å². The summed E-state index contributed by atoms with van der Waals surface area (Å²) in [6.45, 7) is 2.40. The van der Waals surface area contributed by atoms with Crippen molar-refractivity contribution < 1.29 is 9.84 Å². The average Bonchev–Trinajstić information content (AvgIpc) is 2.50. The van der Waals surface area contributed by atoms with Gasteiger partial charge in [-0.1, -0.05) is 48.0 Å². The summed E-state index contributed by atoms with van der Waals surface area (Å²) in [7, 11) is 0. The Kier molecular flexibility index (Phi) is 4.77. The molecule has 106 valence electrons. The van der Waals surface area contributed by atoms with Gasteiger partial charge in [-0.2, -0.15) is 0 Å². The number of hydrogen-bond acceptors (Lipinski definition) is 3. The quantitative estimate of drug-likeness (QED) is 0.849. The SMILES string of the molecule is Cc1ccc(OCCC(N)(CO)c2ccccc2)cc1. The predicted molar refractivity (Wildman–Crippen MR) is 80.7 cm³/mol. The van der Waals surface area contributed by atoms with E-state index in [4.69, 9.17) is 10.5 Å². The van der Waals surface area contributed by atoms with E-state index in [0.29, 0.717) is 13.0 Å². The van der Waals surface area contributed by atoms with Gasteiger partial charge < -0.3 is 15.6 Å². The number of benzene rings is 2. The minimum atomic E-state index is -0.758. The Morgan fingerprint density at radius 1 is 1.05 bits per heavy atom. The van der Waals surface area contributed by atoms with Crippen molar-refractivity contribution in [2.24, 2.45) is 5.73 Å². The fourth-order valence-corrected chi connectivity index (χ4v) is 2.07. The monoisotopic (exact) mass is 271 g/mol. The number of ether oxygens (including phenoxy) is 1. The molecule has 2 rings (SSSR count). The highest BCUT2D eigenvalue weighted by Crippen LogP contribution is 2.22. The van der Waals surface area contributed by atoms with Crippen molar-refractivity contribution in [1.29, 1.82) is 0 Å². The van der Waals surface area contributed by atoms with Gasteiger partial charge in [0, 0.05) is 6.42 Å². The molecule has 1 unspecified atom stereocenters. The Bertz CT molecular complexity index is 524. The molecule has 20 heavy (non-hydrogen) atoms. The van der Waals surface area contributed by atoms with E-state index in [1.165, 1.54) is 5.56 Å². The van der Waals surface area contributed by atoms with Crippen molar-refractivity contribution >= 4 is 0 Å². The fraction of sp³-hybridized carbons (Fsp3) is 0.294. The summed E-state index contributed by atoms with van der Waals surface area (Å²) < 4.78 is 5.69. The molecule has 3 N–H and O–H groups in total. The first-order valence-corrected chi connectivity index (χ1v) is 6.79. The molecule has 0 amide bonds. The van der Waals surface area contributed by atoms with Crippen molar-refractivity contribution in [3.63, 3.8) is 0 Å². The van der Waals surface area contributed by atoms with Gasteiger partial charge in [-0.25, -0.2) is 0 Å². The second kappa shape index (κ2) is 6.55. The Morgan fingerprint density at radius 2 is 1.70 bits per heavy atom. The number of aryl methyl sites for hydroxylation is 1. The second-order valence-corrected chi connectivity index (χ2v) is 5.09. The van der Waals surface area contributed by atoms with Gasteiger partial charge >= 0.3 is 0 Å². The third-order valence-electron chi connectivity index (χ3n) is 3.47. The van der Waals surface area contributed by atoms with Gasteiger partial charge in [0.2, 0.25) is 0 Å². The molecule has 2 aromatic rings. The lowest BCUT2D eigenvalue weighted by Gasteiger charge is -2.27.